The summed E-state index contributed by atoms with van der Waals surface area (Å²) in [5, 5.41) is 0. The Hall–Kier alpha value is -0.960. The molecule has 1 aliphatic carbocycles. The van der Waals surface area contributed by atoms with Crippen molar-refractivity contribution >= 4 is 0 Å². The maximum absolute atomic E-state index is 5.65. The fourth-order valence-electron chi connectivity index (χ4n) is 1.39. The molecule has 1 unspecified atom stereocenters. The van der Waals surface area contributed by atoms with E-state index in [0.717, 1.165) is 18.2 Å². The van der Waals surface area contributed by atoms with E-state index in [0.29, 0.717) is 0 Å². The first-order chi connectivity index (χ1) is 6.25. The van der Waals surface area contributed by atoms with Crippen LogP contribution in [0.1, 0.15) is 37.1 Å². The fraction of sp³-hybridized carbons (Fsp3) is 0.600. The van der Waals surface area contributed by atoms with E-state index in [1.165, 1.54) is 18.4 Å². The van der Waals surface area contributed by atoms with Gasteiger partial charge in [0.15, 0.2) is 0 Å². The molecule has 70 valence electrons. The molecule has 1 aromatic rings. The zero-order chi connectivity index (χ0) is 9.26. The quantitative estimate of drug-likeness (QED) is 0.755. The first-order valence-electron chi connectivity index (χ1n) is 4.82. The van der Waals surface area contributed by atoms with Gasteiger partial charge in [-0.2, -0.15) is 0 Å². The summed E-state index contributed by atoms with van der Waals surface area (Å²) >= 11 is 0. The summed E-state index contributed by atoms with van der Waals surface area (Å²) in [7, 11) is 0. The van der Waals surface area contributed by atoms with Crippen LogP contribution in [0.4, 0.5) is 0 Å². The van der Waals surface area contributed by atoms with Gasteiger partial charge in [-0.3, -0.25) is 0 Å². The molecule has 3 heteroatoms. The molecule has 0 aliphatic heterocycles. The molecular weight excluding hydrogens is 162 g/mol. The predicted molar refractivity (Wildman–Crippen MR) is 51.4 cm³/mol. The number of aromatic nitrogens is 2. The molecule has 0 saturated heterocycles. The van der Waals surface area contributed by atoms with Gasteiger partial charge >= 0.3 is 0 Å². The van der Waals surface area contributed by atoms with Crippen LogP contribution in [0.3, 0.4) is 0 Å². The summed E-state index contributed by atoms with van der Waals surface area (Å²) < 4.78 is 0. The van der Waals surface area contributed by atoms with Gasteiger partial charge in [0, 0.05) is 24.9 Å². The number of hydrogen-bond donors (Lipinski definition) is 1. The monoisotopic (exact) mass is 177 g/mol. The van der Waals surface area contributed by atoms with E-state index in [1.807, 2.05) is 19.3 Å². The van der Waals surface area contributed by atoms with Crippen molar-refractivity contribution in [2.75, 3.05) is 0 Å². The Morgan fingerprint density at radius 1 is 1.46 bits per heavy atom. The Labute approximate surface area is 78.4 Å². The van der Waals surface area contributed by atoms with Crippen molar-refractivity contribution in [2.45, 2.75) is 38.1 Å². The molecule has 1 saturated carbocycles. The zero-order valence-corrected chi connectivity index (χ0v) is 7.90. The Morgan fingerprint density at radius 2 is 2.08 bits per heavy atom. The lowest BCUT2D eigenvalue weighted by atomic mass is 10.2. The summed E-state index contributed by atoms with van der Waals surface area (Å²) in [6, 6.07) is 0.145. The molecule has 0 amide bonds. The van der Waals surface area contributed by atoms with E-state index in [4.69, 9.17) is 5.73 Å². The van der Waals surface area contributed by atoms with Gasteiger partial charge in [0.2, 0.25) is 0 Å². The molecule has 1 aromatic heterocycles. The maximum atomic E-state index is 5.65. The molecule has 0 aromatic carbocycles. The van der Waals surface area contributed by atoms with Crippen LogP contribution < -0.4 is 5.73 Å². The molecule has 0 spiro atoms. The normalized spacial score (nSPS) is 18.6. The minimum atomic E-state index is 0.145. The minimum Gasteiger partial charge on any atom is -0.328 e. The third kappa shape index (κ3) is 2.25. The van der Waals surface area contributed by atoms with Crippen LogP contribution in [0.2, 0.25) is 0 Å². The highest BCUT2D eigenvalue weighted by Gasteiger charge is 2.23. The van der Waals surface area contributed by atoms with Gasteiger partial charge < -0.3 is 5.73 Å². The molecule has 13 heavy (non-hydrogen) atoms. The first kappa shape index (κ1) is 8.63. The first-order valence-corrected chi connectivity index (χ1v) is 4.82. The summed E-state index contributed by atoms with van der Waals surface area (Å²) in [4.78, 5) is 8.58. The molecule has 0 radical (unpaired) electrons. The highest BCUT2D eigenvalue weighted by molar-refractivity contribution is 5.17. The number of rotatable bonds is 3. The number of nitrogens with zero attached hydrogens (tertiary/aromatic N) is 2. The second kappa shape index (κ2) is 3.42. The van der Waals surface area contributed by atoms with E-state index in [2.05, 4.69) is 9.97 Å². The average Bonchev–Trinajstić information content (AvgIpc) is 2.87. The Kier molecular flexibility index (Phi) is 2.27. The summed E-state index contributed by atoms with van der Waals surface area (Å²) in [5.41, 5.74) is 6.94. The summed E-state index contributed by atoms with van der Waals surface area (Å²) in [6.45, 7) is 1.97. The topological polar surface area (TPSA) is 51.8 Å². The maximum Gasteiger partial charge on any atom is 0.129 e. The van der Waals surface area contributed by atoms with Crippen molar-refractivity contribution in [1.82, 2.24) is 9.97 Å². The zero-order valence-electron chi connectivity index (χ0n) is 7.90. The molecule has 2 rings (SSSR count). The lowest BCUT2D eigenvalue weighted by molar-refractivity contribution is 0.699. The summed E-state index contributed by atoms with van der Waals surface area (Å²) in [6.07, 6.45) is 7.27. The minimum absolute atomic E-state index is 0.145. The number of nitrogens with two attached hydrogens (primary N) is 1. The van der Waals surface area contributed by atoms with Crippen LogP contribution in [0.5, 0.6) is 0 Å². The highest BCUT2D eigenvalue weighted by Crippen LogP contribution is 2.39. The molecule has 1 atom stereocenters. The second-order valence-electron chi connectivity index (χ2n) is 3.89. The molecule has 2 N–H and O–H groups in total. The van der Waals surface area contributed by atoms with Crippen molar-refractivity contribution in [3.8, 4) is 0 Å². The standard InChI is InChI=1S/C10H15N3/c1-7(11)4-10-12-5-9(6-13-10)8-2-3-8/h5-8H,2-4,11H2,1H3. The van der Waals surface area contributed by atoms with Crippen LogP contribution in [-0.4, -0.2) is 16.0 Å². The van der Waals surface area contributed by atoms with Gasteiger partial charge in [0.1, 0.15) is 5.82 Å². The van der Waals surface area contributed by atoms with E-state index in [1.54, 1.807) is 0 Å². The largest absolute Gasteiger partial charge is 0.328 e. The van der Waals surface area contributed by atoms with Crippen LogP contribution in [0.15, 0.2) is 12.4 Å². The van der Waals surface area contributed by atoms with Crippen LogP contribution >= 0.6 is 0 Å². The average molecular weight is 177 g/mol. The fourth-order valence-corrected chi connectivity index (χ4v) is 1.39. The molecule has 3 nitrogen and oxygen atoms in total. The third-order valence-electron chi connectivity index (χ3n) is 2.28. The second-order valence-corrected chi connectivity index (χ2v) is 3.89. The van der Waals surface area contributed by atoms with Gasteiger partial charge in [-0.25, -0.2) is 9.97 Å². The highest BCUT2D eigenvalue weighted by atomic mass is 14.9. The van der Waals surface area contributed by atoms with Crippen molar-refractivity contribution in [2.24, 2.45) is 5.73 Å². The van der Waals surface area contributed by atoms with E-state index in [-0.39, 0.29) is 6.04 Å². The van der Waals surface area contributed by atoms with Gasteiger partial charge in [-0.05, 0) is 31.2 Å². The lowest BCUT2D eigenvalue weighted by Crippen LogP contribution is -2.19. The van der Waals surface area contributed by atoms with Crippen molar-refractivity contribution < 1.29 is 0 Å². The van der Waals surface area contributed by atoms with Gasteiger partial charge in [0.25, 0.3) is 0 Å². The molecule has 1 heterocycles. The SMILES string of the molecule is CC(N)Cc1ncc(C2CC2)cn1. The van der Waals surface area contributed by atoms with E-state index in [9.17, 15) is 0 Å². The Balaban J connectivity index is 2.04. The van der Waals surface area contributed by atoms with Crippen molar-refractivity contribution in [3.63, 3.8) is 0 Å². The van der Waals surface area contributed by atoms with Crippen molar-refractivity contribution in [1.29, 1.82) is 0 Å². The lowest BCUT2D eigenvalue weighted by Gasteiger charge is -2.03. The molecule has 0 bridgehead atoms. The van der Waals surface area contributed by atoms with Crippen molar-refractivity contribution in [3.05, 3.63) is 23.8 Å². The third-order valence-corrected chi connectivity index (χ3v) is 2.28. The van der Waals surface area contributed by atoms with Crippen LogP contribution in [0.25, 0.3) is 0 Å². The van der Waals surface area contributed by atoms with Crippen LogP contribution in [-0.2, 0) is 6.42 Å². The molecule has 1 aliphatic rings. The van der Waals surface area contributed by atoms with E-state index >= 15 is 0 Å². The van der Waals surface area contributed by atoms with Gasteiger partial charge in [-0.1, -0.05) is 0 Å². The number of hydrogen-bond acceptors (Lipinski definition) is 3. The van der Waals surface area contributed by atoms with E-state index < -0.39 is 0 Å². The Morgan fingerprint density at radius 3 is 2.54 bits per heavy atom. The van der Waals surface area contributed by atoms with Gasteiger partial charge in [0.05, 0.1) is 0 Å². The Bertz CT molecular complexity index is 275. The van der Waals surface area contributed by atoms with Gasteiger partial charge in [-0.15, -0.1) is 0 Å². The smallest absolute Gasteiger partial charge is 0.129 e. The predicted octanol–water partition coefficient (Wildman–Crippen LogP) is 1.24. The molecule has 1 fully saturated rings. The summed E-state index contributed by atoms with van der Waals surface area (Å²) in [5.74, 6) is 1.60. The molecular formula is C10H15N3. The van der Waals surface area contributed by atoms with Crippen LogP contribution in [0, 0.1) is 0 Å².